The first kappa shape index (κ1) is 14.2. The lowest BCUT2D eigenvalue weighted by Crippen LogP contribution is -2.41. The van der Waals surface area contributed by atoms with E-state index in [0.717, 1.165) is 43.7 Å². The van der Waals surface area contributed by atoms with Crippen molar-refractivity contribution in [2.45, 2.75) is 6.92 Å². The van der Waals surface area contributed by atoms with Crippen molar-refractivity contribution in [1.82, 2.24) is 15.2 Å². The highest BCUT2D eigenvalue weighted by atomic mass is 32.1. The second kappa shape index (κ2) is 6.83. The molecule has 7 heteroatoms. The minimum absolute atomic E-state index is 0.0373. The van der Waals surface area contributed by atoms with Crippen molar-refractivity contribution in [2.75, 3.05) is 51.8 Å². The Labute approximate surface area is 117 Å². The van der Waals surface area contributed by atoms with Gasteiger partial charge in [-0.2, -0.15) is 0 Å². The number of rotatable bonds is 5. The quantitative estimate of drug-likeness (QED) is 0.827. The van der Waals surface area contributed by atoms with Crippen molar-refractivity contribution in [1.29, 1.82) is 0 Å². The molecule has 1 aliphatic rings. The van der Waals surface area contributed by atoms with Gasteiger partial charge < -0.3 is 15.4 Å². The van der Waals surface area contributed by atoms with Gasteiger partial charge in [0, 0.05) is 33.2 Å². The monoisotopic (exact) mass is 284 g/mol. The third-order valence-corrected chi connectivity index (χ3v) is 4.21. The molecule has 19 heavy (non-hydrogen) atoms. The Morgan fingerprint density at radius 1 is 1.47 bits per heavy atom. The normalized spacial score (nSPS) is 16.3. The van der Waals surface area contributed by atoms with Gasteiger partial charge >= 0.3 is 0 Å². The first-order chi connectivity index (χ1) is 9.20. The van der Waals surface area contributed by atoms with Crippen LogP contribution in [-0.2, 0) is 4.74 Å². The van der Waals surface area contributed by atoms with Gasteiger partial charge in [0.2, 0.25) is 0 Å². The number of amides is 1. The Morgan fingerprint density at radius 2 is 2.21 bits per heavy atom. The molecule has 0 aromatic carbocycles. The third kappa shape index (κ3) is 3.89. The van der Waals surface area contributed by atoms with E-state index in [2.05, 4.69) is 20.5 Å². The number of thiazole rings is 1. The molecule has 1 fully saturated rings. The maximum absolute atomic E-state index is 12.0. The van der Waals surface area contributed by atoms with Crippen LogP contribution in [0, 0.1) is 6.92 Å². The van der Waals surface area contributed by atoms with E-state index in [0.29, 0.717) is 11.4 Å². The SMILES string of the molecule is CNc1nc(C)c(C(=O)NCCN2CCOCC2)s1. The highest BCUT2D eigenvalue weighted by Gasteiger charge is 2.15. The lowest BCUT2D eigenvalue weighted by molar-refractivity contribution is 0.0383. The van der Waals surface area contributed by atoms with Crippen LogP contribution in [0.5, 0.6) is 0 Å². The van der Waals surface area contributed by atoms with Crippen LogP contribution in [0.3, 0.4) is 0 Å². The average Bonchev–Trinajstić information content (AvgIpc) is 2.81. The average molecular weight is 284 g/mol. The van der Waals surface area contributed by atoms with Crippen LogP contribution in [0.15, 0.2) is 0 Å². The minimum Gasteiger partial charge on any atom is -0.379 e. The number of nitrogens with zero attached hydrogens (tertiary/aromatic N) is 2. The van der Waals surface area contributed by atoms with E-state index in [1.165, 1.54) is 11.3 Å². The van der Waals surface area contributed by atoms with Gasteiger partial charge in [-0.25, -0.2) is 4.98 Å². The fourth-order valence-corrected chi connectivity index (χ4v) is 2.78. The smallest absolute Gasteiger partial charge is 0.263 e. The summed E-state index contributed by atoms with van der Waals surface area (Å²) in [6.07, 6.45) is 0. The molecule has 0 saturated carbocycles. The standard InChI is InChI=1S/C12H20N4O2S/c1-9-10(19-12(13-2)15-9)11(17)14-3-4-16-5-7-18-8-6-16/h3-8H2,1-2H3,(H,13,15)(H,14,17). The number of ether oxygens (including phenoxy) is 1. The van der Waals surface area contributed by atoms with Crippen molar-refractivity contribution in [3.63, 3.8) is 0 Å². The zero-order valence-electron chi connectivity index (χ0n) is 11.4. The van der Waals surface area contributed by atoms with Crippen LogP contribution in [-0.4, -0.2) is 62.2 Å². The second-order valence-corrected chi connectivity index (χ2v) is 5.39. The number of anilines is 1. The summed E-state index contributed by atoms with van der Waals surface area (Å²) in [6.45, 7) is 6.84. The molecule has 0 atom stereocenters. The molecule has 0 radical (unpaired) electrons. The van der Waals surface area contributed by atoms with Crippen LogP contribution in [0.4, 0.5) is 5.13 Å². The van der Waals surface area contributed by atoms with Crippen LogP contribution in [0.2, 0.25) is 0 Å². The van der Waals surface area contributed by atoms with Gasteiger partial charge in [-0.05, 0) is 6.92 Å². The summed E-state index contributed by atoms with van der Waals surface area (Å²) < 4.78 is 5.28. The van der Waals surface area contributed by atoms with Gasteiger partial charge in [0.25, 0.3) is 5.91 Å². The highest BCUT2D eigenvalue weighted by molar-refractivity contribution is 7.17. The van der Waals surface area contributed by atoms with E-state index in [9.17, 15) is 4.79 Å². The molecule has 1 saturated heterocycles. The lowest BCUT2D eigenvalue weighted by Gasteiger charge is -2.26. The molecule has 106 valence electrons. The number of carbonyl (C=O) groups is 1. The fraction of sp³-hybridized carbons (Fsp3) is 0.667. The zero-order chi connectivity index (χ0) is 13.7. The molecule has 1 aromatic rings. The van der Waals surface area contributed by atoms with Crippen LogP contribution < -0.4 is 10.6 Å². The third-order valence-electron chi connectivity index (χ3n) is 3.03. The molecule has 1 aromatic heterocycles. The maximum Gasteiger partial charge on any atom is 0.263 e. The van der Waals surface area contributed by atoms with Crippen molar-refractivity contribution in [2.24, 2.45) is 0 Å². The summed E-state index contributed by atoms with van der Waals surface area (Å²) >= 11 is 1.39. The van der Waals surface area contributed by atoms with Gasteiger partial charge in [0.15, 0.2) is 5.13 Å². The number of carbonyl (C=O) groups excluding carboxylic acids is 1. The molecule has 2 N–H and O–H groups in total. The molecule has 2 rings (SSSR count). The van der Waals surface area contributed by atoms with Crippen LogP contribution in [0.25, 0.3) is 0 Å². The van der Waals surface area contributed by atoms with E-state index in [4.69, 9.17) is 4.74 Å². The zero-order valence-corrected chi connectivity index (χ0v) is 12.2. The summed E-state index contributed by atoms with van der Waals surface area (Å²) in [6, 6.07) is 0. The molecule has 0 bridgehead atoms. The van der Waals surface area contributed by atoms with E-state index in [-0.39, 0.29) is 5.91 Å². The molecule has 0 spiro atoms. The Morgan fingerprint density at radius 3 is 2.84 bits per heavy atom. The molecule has 0 unspecified atom stereocenters. The van der Waals surface area contributed by atoms with E-state index in [1.54, 1.807) is 7.05 Å². The number of morpholine rings is 1. The maximum atomic E-state index is 12.0. The van der Waals surface area contributed by atoms with Crippen LogP contribution in [0.1, 0.15) is 15.4 Å². The van der Waals surface area contributed by atoms with Gasteiger partial charge in [0.1, 0.15) is 4.88 Å². The van der Waals surface area contributed by atoms with Gasteiger partial charge in [-0.3, -0.25) is 9.69 Å². The van der Waals surface area contributed by atoms with Crippen molar-refractivity contribution >= 4 is 22.4 Å². The molecule has 6 nitrogen and oxygen atoms in total. The number of hydrogen-bond donors (Lipinski definition) is 2. The van der Waals surface area contributed by atoms with E-state index < -0.39 is 0 Å². The Kier molecular flexibility index (Phi) is 5.12. The fourth-order valence-electron chi connectivity index (χ4n) is 1.95. The Balaban J connectivity index is 1.78. The summed E-state index contributed by atoms with van der Waals surface area (Å²) in [5.41, 5.74) is 0.776. The first-order valence-electron chi connectivity index (χ1n) is 6.44. The predicted molar refractivity (Wildman–Crippen MR) is 76.0 cm³/mol. The largest absolute Gasteiger partial charge is 0.379 e. The minimum atomic E-state index is -0.0373. The molecule has 0 aliphatic carbocycles. The van der Waals surface area contributed by atoms with Gasteiger partial charge in [-0.15, -0.1) is 0 Å². The van der Waals surface area contributed by atoms with Crippen molar-refractivity contribution in [3.05, 3.63) is 10.6 Å². The van der Waals surface area contributed by atoms with Crippen LogP contribution >= 0.6 is 11.3 Å². The highest BCUT2D eigenvalue weighted by Crippen LogP contribution is 2.21. The summed E-state index contributed by atoms with van der Waals surface area (Å²) in [7, 11) is 1.80. The number of nitrogens with one attached hydrogen (secondary N) is 2. The van der Waals surface area contributed by atoms with Gasteiger partial charge in [0.05, 0.1) is 18.9 Å². The topological polar surface area (TPSA) is 66.5 Å². The van der Waals surface area contributed by atoms with Crippen molar-refractivity contribution < 1.29 is 9.53 Å². The summed E-state index contributed by atoms with van der Waals surface area (Å²) in [5, 5.41) is 6.68. The summed E-state index contributed by atoms with van der Waals surface area (Å²) in [5.74, 6) is -0.0373. The molecular formula is C12H20N4O2S. The Bertz CT molecular complexity index is 429. The first-order valence-corrected chi connectivity index (χ1v) is 7.26. The number of aromatic nitrogens is 1. The molecule has 1 amide bonds. The number of hydrogen-bond acceptors (Lipinski definition) is 6. The van der Waals surface area contributed by atoms with Crippen molar-refractivity contribution in [3.8, 4) is 0 Å². The van der Waals surface area contributed by atoms with E-state index in [1.807, 2.05) is 6.92 Å². The molecule has 2 heterocycles. The lowest BCUT2D eigenvalue weighted by atomic mass is 10.3. The molecule has 1 aliphatic heterocycles. The molecular weight excluding hydrogens is 264 g/mol. The number of aryl methyl sites for hydroxylation is 1. The second-order valence-electron chi connectivity index (χ2n) is 4.39. The predicted octanol–water partition coefficient (Wildman–Crippen LogP) is 0.555. The van der Waals surface area contributed by atoms with E-state index >= 15 is 0 Å². The summed E-state index contributed by atoms with van der Waals surface area (Å²) in [4.78, 5) is 19.3. The van der Waals surface area contributed by atoms with Gasteiger partial charge in [-0.1, -0.05) is 11.3 Å². The Hall–Kier alpha value is -1.18.